The zero-order valence-corrected chi connectivity index (χ0v) is 10.0. The van der Waals surface area contributed by atoms with E-state index in [4.69, 9.17) is 5.11 Å². The van der Waals surface area contributed by atoms with Crippen molar-refractivity contribution in [3.63, 3.8) is 0 Å². The molecule has 0 saturated carbocycles. The van der Waals surface area contributed by atoms with Gasteiger partial charge in [-0.2, -0.15) is 0 Å². The van der Waals surface area contributed by atoms with E-state index in [1.54, 1.807) is 13.0 Å². The fourth-order valence-electron chi connectivity index (χ4n) is 1.40. The normalized spacial score (nSPS) is 11.9. The molecule has 0 aliphatic carbocycles. The van der Waals surface area contributed by atoms with Gasteiger partial charge in [-0.3, -0.25) is 0 Å². The van der Waals surface area contributed by atoms with Gasteiger partial charge in [0.15, 0.2) is 0 Å². The third-order valence-corrected chi connectivity index (χ3v) is 2.63. The second-order valence-corrected chi connectivity index (χ2v) is 4.29. The molecule has 2 heteroatoms. The summed E-state index contributed by atoms with van der Waals surface area (Å²) < 4.78 is 0. The molecule has 16 heavy (non-hydrogen) atoms. The zero-order chi connectivity index (χ0) is 12.1. The number of carboxylic acids is 1. The van der Waals surface area contributed by atoms with Crippen LogP contribution in [0.2, 0.25) is 0 Å². The van der Waals surface area contributed by atoms with E-state index in [1.807, 2.05) is 0 Å². The van der Waals surface area contributed by atoms with Crippen LogP contribution < -0.4 is 0 Å². The van der Waals surface area contributed by atoms with Crippen LogP contribution in [-0.2, 0) is 11.2 Å². The van der Waals surface area contributed by atoms with Crippen LogP contribution in [0.1, 0.15) is 37.8 Å². The van der Waals surface area contributed by atoms with Gasteiger partial charge >= 0.3 is 5.97 Å². The highest BCUT2D eigenvalue weighted by atomic mass is 16.4. The maximum absolute atomic E-state index is 10.6. The van der Waals surface area contributed by atoms with E-state index in [2.05, 4.69) is 38.1 Å². The number of carboxylic acid groups (broad SMARTS) is 1. The molecule has 0 heterocycles. The monoisotopic (exact) mass is 218 g/mol. The minimum Gasteiger partial charge on any atom is -0.478 e. The van der Waals surface area contributed by atoms with Gasteiger partial charge in [-0.25, -0.2) is 4.79 Å². The average molecular weight is 218 g/mol. The Morgan fingerprint density at radius 3 is 2.31 bits per heavy atom. The Hall–Kier alpha value is -1.57. The predicted molar refractivity (Wildman–Crippen MR) is 65.6 cm³/mol. The summed E-state index contributed by atoms with van der Waals surface area (Å²) in [5.41, 5.74) is 2.85. The van der Waals surface area contributed by atoms with Crippen LogP contribution in [0.15, 0.2) is 35.9 Å². The van der Waals surface area contributed by atoms with E-state index in [0.29, 0.717) is 17.9 Å². The molecule has 1 aromatic rings. The van der Waals surface area contributed by atoms with Crippen molar-refractivity contribution in [3.05, 3.63) is 47.0 Å². The highest BCUT2D eigenvalue weighted by Gasteiger charge is 2.00. The minimum absolute atomic E-state index is 0.396. The third kappa shape index (κ3) is 3.54. The van der Waals surface area contributed by atoms with Gasteiger partial charge in [0.05, 0.1) is 0 Å². The molecule has 0 saturated heterocycles. The molecule has 1 rings (SSSR count). The number of hydrogen-bond acceptors (Lipinski definition) is 1. The smallest absolute Gasteiger partial charge is 0.330 e. The Kier molecular flexibility index (Phi) is 4.29. The lowest BCUT2D eigenvalue weighted by Crippen LogP contribution is -1.96. The van der Waals surface area contributed by atoms with Crippen molar-refractivity contribution in [2.75, 3.05) is 0 Å². The fraction of sp³-hybridized carbons (Fsp3) is 0.357. The van der Waals surface area contributed by atoms with Gasteiger partial charge in [-0.1, -0.05) is 44.2 Å². The minimum atomic E-state index is -0.848. The Bertz CT molecular complexity index is 386. The second-order valence-electron chi connectivity index (χ2n) is 4.29. The highest BCUT2D eigenvalue weighted by Crippen LogP contribution is 2.15. The maximum Gasteiger partial charge on any atom is 0.330 e. The van der Waals surface area contributed by atoms with Crippen molar-refractivity contribution in [1.82, 2.24) is 0 Å². The van der Waals surface area contributed by atoms with E-state index < -0.39 is 5.97 Å². The van der Waals surface area contributed by atoms with Gasteiger partial charge < -0.3 is 5.11 Å². The van der Waals surface area contributed by atoms with Gasteiger partial charge in [-0.05, 0) is 30.4 Å². The third-order valence-electron chi connectivity index (χ3n) is 2.63. The van der Waals surface area contributed by atoms with E-state index in [-0.39, 0.29) is 0 Å². The molecule has 2 nitrogen and oxygen atoms in total. The van der Waals surface area contributed by atoms with E-state index in [9.17, 15) is 4.79 Å². The van der Waals surface area contributed by atoms with Crippen molar-refractivity contribution in [3.8, 4) is 0 Å². The van der Waals surface area contributed by atoms with Crippen molar-refractivity contribution in [2.45, 2.75) is 33.1 Å². The lowest BCUT2D eigenvalue weighted by molar-refractivity contribution is -0.132. The van der Waals surface area contributed by atoms with Crippen LogP contribution in [-0.4, -0.2) is 11.1 Å². The van der Waals surface area contributed by atoms with Gasteiger partial charge in [0.2, 0.25) is 0 Å². The average Bonchev–Trinajstić information content (AvgIpc) is 2.26. The topological polar surface area (TPSA) is 37.3 Å². The summed E-state index contributed by atoms with van der Waals surface area (Å²) in [6.07, 6.45) is 2.42. The SMILES string of the molecule is CC(=CCc1ccc(C(C)C)cc1)C(=O)O. The summed E-state index contributed by atoms with van der Waals surface area (Å²) in [7, 11) is 0. The number of rotatable bonds is 4. The first-order valence-corrected chi connectivity index (χ1v) is 5.49. The molecule has 0 fully saturated rings. The van der Waals surface area contributed by atoms with Gasteiger partial charge in [0.25, 0.3) is 0 Å². The first kappa shape index (κ1) is 12.5. The molecular weight excluding hydrogens is 200 g/mol. The molecule has 86 valence electrons. The van der Waals surface area contributed by atoms with Crippen LogP contribution in [0.5, 0.6) is 0 Å². The standard InChI is InChI=1S/C14H18O2/c1-10(2)13-8-6-12(7-9-13)5-4-11(3)14(15)16/h4,6-10H,5H2,1-3H3,(H,15,16). The van der Waals surface area contributed by atoms with Crippen molar-refractivity contribution < 1.29 is 9.90 Å². The Morgan fingerprint density at radius 2 is 1.88 bits per heavy atom. The number of benzene rings is 1. The molecule has 0 radical (unpaired) electrons. The fourth-order valence-corrected chi connectivity index (χ4v) is 1.40. The molecule has 1 N–H and O–H groups in total. The molecule has 0 amide bonds. The Labute approximate surface area is 96.6 Å². The summed E-state index contributed by atoms with van der Waals surface area (Å²) >= 11 is 0. The number of aliphatic carboxylic acids is 1. The van der Waals surface area contributed by atoms with Crippen LogP contribution in [0.4, 0.5) is 0 Å². The Balaban J connectivity index is 2.69. The summed E-state index contributed by atoms with van der Waals surface area (Å²) in [6, 6.07) is 8.32. The van der Waals surface area contributed by atoms with Gasteiger partial charge in [-0.15, -0.1) is 0 Å². The molecule has 0 bridgehead atoms. The van der Waals surface area contributed by atoms with Crippen LogP contribution in [0, 0.1) is 0 Å². The lowest BCUT2D eigenvalue weighted by atomic mass is 10.0. The molecule has 0 aliphatic rings. The summed E-state index contributed by atoms with van der Waals surface area (Å²) in [5.74, 6) is -0.316. The first-order valence-electron chi connectivity index (χ1n) is 5.49. The molecule has 0 aliphatic heterocycles. The molecular formula is C14H18O2. The number of carbonyl (C=O) groups is 1. The molecule has 0 aromatic heterocycles. The van der Waals surface area contributed by atoms with E-state index in [1.165, 1.54) is 5.56 Å². The molecule has 0 unspecified atom stereocenters. The van der Waals surface area contributed by atoms with Crippen LogP contribution in [0.3, 0.4) is 0 Å². The maximum atomic E-state index is 10.6. The molecule has 0 atom stereocenters. The van der Waals surface area contributed by atoms with Crippen molar-refractivity contribution in [1.29, 1.82) is 0 Å². The summed E-state index contributed by atoms with van der Waals surface area (Å²) in [4.78, 5) is 10.6. The van der Waals surface area contributed by atoms with E-state index >= 15 is 0 Å². The van der Waals surface area contributed by atoms with Crippen molar-refractivity contribution in [2.24, 2.45) is 0 Å². The van der Waals surface area contributed by atoms with Crippen LogP contribution >= 0.6 is 0 Å². The van der Waals surface area contributed by atoms with Crippen LogP contribution in [0.25, 0.3) is 0 Å². The Morgan fingerprint density at radius 1 is 1.31 bits per heavy atom. The summed E-state index contributed by atoms with van der Waals surface area (Å²) in [5, 5.41) is 8.71. The number of hydrogen-bond donors (Lipinski definition) is 1. The molecule has 1 aromatic carbocycles. The van der Waals surface area contributed by atoms with Crippen molar-refractivity contribution >= 4 is 5.97 Å². The highest BCUT2D eigenvalue weighted by molar-refractivity contribution is 5.85. The first-order chi connectivity index (χ1) is 7.50. The largest absolute Gasteiger partial charge is 0.478 e. The lowest BCUT2D eigenvalue weighted by Gasteiger charge is -2.05. The van der Waals surface area contributed by atoms with E-state index in [0.717, 1.165) is 5.56 Å². The quantitative estimate of drug-likeness (QED) is 0.786. The second kappa shape index (κ2) is 5.50. The predicted octanol–water partition coefficient (Wildman–Crippen LogP) is 3.38. The zero-order valence-electron chi connectivity index (χ0n) is 10.0. The van der Waals surface area contributed by atoms with Gasteiger partial charge in [0, 0.05) is 5.57 Å². The number of allylic oxidation sites excluding steroid dienone is 1. The molecule has 0 spiro atoms. The summed E-state index contributed by atoms with van der Waals surface area (Å²) in [6.45, 7) is 5.93. The van der Waals surface area contributed by atoms with Gasteiger partial charge in [0.1, 0.15) is 0 Å².